The predicted molar refractivity (Wildman–Crippen MR) is 57.0 cm³/mol. The number of hydrogen-bond donors (Lipinski definition) is 2. The maximum absolute atomic E-state index is 11.3. The van der Waals surface area contributed by atoms with E-state index in [-0.39, 0.29) is 36.2 Å². The number of aliphatic hydroxyl groups is 2. The predicted octanol–water partition coefficient (Wildman–Crippen LogP) is -0.452. The van der Waals surface area contributed by atoms with E-state index in [2.05, 4.69) is 0 Å². The van der Waals surface area contributed by atoms with Crippen LogP contribution in [0.2, 0.25) is 0 Å². The van der Waals surface area contributed by atoms with Gasteiger partial charge >= 0.3 is 35.5 Å². The van der Waals surface area contributed by atoms with Gasteiger partial charge in [-0.3, -0.25) is 0 Å². The van der Waals surface area contributed by atoms with Gasteiger partial charge in [0.25, 0.3) is 0 Å². The molecule has 4 nitrogen and oxygen atoms in total. The summed E-state index contributed by atoms with van der Waals surface area (Å²) >= 11 is 0. The Balaban J connectivity index is 0.00000196. The fourth-order valence-electron chi connectivity index (χ4n) is 0.882. The number of carbonyl (C=O) groups is 1. The molecule has 0 aliphatic carbocycles. The zero-order valence-corrected chi connectivity index (χ0v) is 7.59. The fraction of sp³-hybridized carbons (Fsp3) is 0.300. The molecule has 0 heterocycles. The van der Waals surface area contributed by atoms with Gasteiger partial charge in [0, 0.05) is 0 Å². The van der Waals surface area contributed by atoms with Gasteiger partial charge in [-0.05, 0) is 12.1 Å². The third-order valence-electron chi connectivity index (χ3n) is 1.63. The van der Waals surface area contributed by atoms with Crippen molar-refractivity contribution in [2.75, 3.05) is 13.2 Å². The van der Waals surface area contributed by atoms with Crippen molar-refractivity contribution in [3.63, 3.8) is 0 Å². The van der Waals surface area contributed by atoms with Gasteiger partial charge in [-0.1, -0.05) is 18.2 Å². The van der Waals surface area contributed by atoms with Crippen LogP contribution in [0, 0.1) is 0 Å². The number of esters is 1. The summed E-state index contributed by atoms with van der Waals surface area (Å²) in [6.45, 7) is -0.605. The van der Waals surface area contributed by atoms with Crippen LogP contribution in [-0.2, 0) is 4.74 Å². The molecule has 15 heavy (non-hydrogen) atoms. The summed E-state index contributed by atoms with van der Waals surface area (Å²) in [5, 5.41) is 17.4. The van der Waals surface area contributed by atoms with Crippen molar-refractivity contribution in [3.8, 4) is 0 Å². The third-order valence-corrected chi connectivity index (χ3v) is 1.63. The Labute approximate surface area is 110 Å². The van der Waals surface area contributed by atoms with E-state index in [4.69, 9.17) is 14.9 Å². The average Bonchev–Trinajstić information content (AvgIpc) is 2.26. The molecular formula is C10H13NaO4. The first-order valence-corrected chi connectivity index (χ1v) is 4.25. The molecule has 0 aromatic heterocycles. The molecule has 0 aliphatic heterocycles. The molecule has 1 aromatic rings. The Hall–Kier alpha value is -0.390. The number of benzene rings is 1. The molecule has 0 saturated heterocycles. The summed E-state index contributed by atoms with van der Waals surface area (Å²) in [6.07, 6.45) is -1.01. The van der Waals surface area contributed by atoms with Crippen molar-refractivity contribution in [1.29, 1.82) is 0 Å². The number of hydrogen-bond acceptors (Lipinski definition) is 4. The molecule has 0 saturated carbocycles. The van der Waals surface area contributed by atoms with Gasteiger partial charge in [0.15, 0.2) is 0 Å². The zero-order valence-electron chi connectivity index (χ0n) is 7.59. The topological polar surface area (TPSA) is 66.8 Å². The fourth-order valence-corrected chi connectivity index (χ4v) is 0.882. The van der Waals surface area contributed by atoms with Crippen LogP contribution < -0.4 is 0 Å². The number of ether oxygens (including phenoxy) is 1. The quantitative estimate of drug-likeness (QED) is 0.532. The van der Waals surface area contributed by atoms with Gasteiger partial charge in [-0.2, -0.15) is 0 Å². The molecule has 0 aliphatic rings. The van der Waals surface area contributed by atoms with Gasteiger partial charge in [0.05, 0.1) is 12.2 Å². The van der Waals surface area contributed by atoms with Crippen molar-refractivity contribution in [1.82, 2.24) is 0 Å². The van der Waals surface area contributed by atoms with E-state index in [9.17, 15) is 4.79 Å². The molecular weight excluding hydrogens is 207 g/mol. The van der Waals surface area contributed by atoms with E-state index in [0.717, 1.165) is 0 Å². The molecule has 0 spiro atoms. The average molecular weight is 220 g/mol. The molecule has 78 valence electrons. The van der Waals surface area contributed by atoms with Gasteiger partial charge in [0.2, 0.25) is 0 Å². The molecule has 2 N–H and O–H groups in total. The van der Waals surface area contributed by atoms with Crippen LogP contribution in [0.4, 0.5) is 0 Å². The first kappa shape index (κ1) is 14.6. The summed E-state index contributed by atoms with van der Waals surface area (Å²) < 4.78 is 4.73. The van der Waals surface area contributed by atoms with E-state index < -0.39 is 18.7 Å². The minimum atomic E-state index is -1.01. The standard InChI is InChI=1S/C10H12O4.Na.H/c11-6-9(12)7-14-10(13)8-4-2-1-3-5-8;;/h1-5,9,11-12H,6-7H2;;. The first-order valence-electron chi connectivity index (χ1n) is 4.25. The van der Waals surface area contributed by atoms with Gasteiger partial charge < -0.3 is 14.9 Å². The Bertz CT molecular complexity index is 289. The van der Waals surface area contributed by atoms with Gasteiger partial charge in [-0.25, -0.2) is 4.79 Å². The zero-order chi connectivity index (χ0) is 10.4. The van der Waals surface area contributed by atoms with Crippen LogP contribution in [0.25, 0.3) is 0 Å². The third kappa shape index (κ3) is 5.30. The van der Waals surface area contributed by atoms with Crippen LogP contribution in [0.15, 0.2) is 30.3 Å². The van der Waals surface area contributed by atoms with Crippen molar-refractivity contribution in [2.45, 2.75) is 6.10 Å². The van der Waals surface area contributed by atoms with Crippen molar-refractivity contribution in [3.05, 3.63) is 35.9 Å². The Kier molecular flexibility index (Phi) is 7.64. The number of rotatable bonds is 4. The Morgan fingerprint density at radius 3 is 2.47 bits per heavy atom. The second-order valence-electron chi connectivity index (χ2n) is 2.80. The second kappa shape index (κ2) is 7.84. The van der Waals surface area contributed by atoms with Crippen LogP contribution in [0.5, 0.6) is 0 Å². The summed E-state index contributed by atoms with van der Waals surface area (Å²) in [4.78, 5) is 11.3. The molecule has 0 amide bonds. The Morgan fingerprint density at radius 1 is 1.33 bits per heavy atom. The monoisotopic (exact) mass is 220 g/mol. The van der Waals surface area contributed by atoms with Crippen LogP contribution in [0.3, 0.4) is 0 Å². The van der Waals surface area contributed by atoms with Crippen molar-refractivity contribution in [2.24, 2.45) is 0 Å². The van der Waals surface area contributed by atoms with Crippen LogP contribution in [0.1, 0.15) is 10.4 Å². The molecule has 1 atom stereocenters. The second-order valence-corrected chi connectivity index (χ2v) is 2.80. The summed E-state index contributed by atoms with van der Waals surface area (Å²) in [5.74, 6) is -0.502. The van der Waals surface area contributed by atoms with Gasteiger partial charge in [-0.15, -0.1) is 0 Å². The van der Waals surface area contributed by atoms with E-state index in [1.165, 1.54) is 0 Å². The summed E-state index contributed by atoms with van der Waals surface area (Å²) in [5.41, 5.74) is 0.428. The minimum absolute atomic E-state index is 0. The van der Waals surface area contributed by atoms with E-state index in [1.54, 1.807) is 30.3 Å². The molecule has 1 aromatic carbocycles. The molecule has 1 rings (SSSR count). The molecule has 5 heteroatoms. The molecule has 1 unspecified atom stereocenters. The molecule has 0 fully saturated rings. The number of carbonyl (C=O) groups excluding carboxylic acids is 1. The van der Waals surface area contributed by atoms with E-state index in [0.29, 0.717) is 5.56 Å². The normalized spacial score (nSPS) is 11.3. The van der Waals surface area contributed by atoms with Crippen molar-refractivity contribution < 1.29 is 19.7 Å². The SMILES string of the molecule is O=C(OCC(O)CO)c1ccccc1.[NaH]. The van der Waals surface area contributed by atoms with Crippen LogP contribution in [-0.4, -0.2) is 65.1 Å². The van der Waals surface area contributed by atoms with Gasteiger partial charge in [0.1, 0.15) is 12.7 Å². The van der Waals surface area contributed by atoms with E-state index >= 15 is 0 Å². The summed E-state index contributed by atoms with van der Waals surface area (Å²) in [6, 6.07) is 8.47. The van der Waals surface area contributed by atoms with Crippen LogP contribution >= 0.6 is 0 Å². The summed E-state index contributed by atoms with van der Waals surface area (Å²) in [7, 11) is 0. The maximum atomic E-state index is 11.3. The Morgan fingerprint density at radius 2 is 1.93 bits per heavy atom. The number of aliphatic hydroxyl groups excluding tert-OH is 2. The van der Waals surface area contributed by atoms with Crippen molar-refractivity contribution >= 4 is 35.5 Å². The molecule has 0 bridgehead atoms. The first-order chi connectivity index (χ1) is 6.74. The molecule has 0 radical (unpaired) electrons. The van der Waals surface area contributed by atoms with E-state index in [1.807, 2.05) is 0 Å².